The van der Waals surface area contributed by atoms with Gasteiger partial charge in [-0.15, -0.1) is 0 Å². The zero-order valence-electron chi connectivity index (χ0n) is 14.1. The van der Waals surface area contributed by atoms with Crippen molar-refractivity contribution < 1.29 is 4.79 Å². The minimum atomic E-state index is 0.141. The molecular weight excluding hydrogens is 314 g/mol. The predicted molar refractivity (Wildman–Crippen MR) is 97.3 cm³/mol. The Morgan fingerprint density at radius 1 is 1.12 bits per heavy atom. The van der Waals surface area contributed by atoms with Crippen LogP contribution < -0.4 is 10.2 Å². The first kappa shape index (κ1) is 16.8. The molecule has 0 saturated carbocycles. The van der Waals surface area contributed by atoms with Gasteiger partial charge in [0.25, 0.3) is 0 Å². The summed E-state index contributed by atoms with van der Waals surface area (Å²) < 4.78 is 0. The molecule has 1 aliphatic heterocycles. The lowest BCUT2D eigenvalue weighted by molar-refractivity contribution is -0.131. The molecule has 0 spiro atoms. The van der Waals surface area contributed by atoms with Crippen LogP contribution in [0.5, 0.6) is 0 Å². The summed E-state index contributed by atoms with van der Waals surface area (Å²) in [5.74, 6) is 1.10. The van der Waals surface area contributed by atoms with Crippen LogP contribution in [0.3, 0.4) is 0 Å². The number of anilines is 2. The average molecular weight is 335 g/mol. The normalized spacial score (nSPS) is 14.0. The highest BCUT2D eigenvalue weighted by atomic mass is 16.2. The Bertz CT molecular complexity index is 748. The van der Waals surface area contributed by atoms with Crippen molar-refractivity contribution in [2.24, 2.45) is 0 Å². The molecule has 1 N–H and O–H groups in total. The van der Waals surface area contributed by atoms with Gasteiger partial charge < -0.3 is 15.1 Å². The highest BCUT2D eigenvalue weighted by Gasteiger charge is 2.21. The monoisotopic (exact) mass is 335 g/mol. The van der Waals surface area contributed by atoms with E-state index in [1.165, 1.54) is 0 Å². The lowest BCUT2D eigenvalue weighted by Crippen LogP contribution is -2.49. The fourth-order valence-corrected chi connectivity index (χ4v) is 2.92. The van der Waals surface area contributed by atoms with Gasteiger partial charge in [0.2, 0.25) is 5.91 Å². The van der Waals surface area contributed by atoms with Crippen molar-refractivity contribution in [3.05, 3.63) is 54.2 Å². The topological polar surface area (TPSA) is 72.3 Å². The second-order valence-corrected chi connectivity index (χ2v) is 5.89. The number of nitrogens with zero attached hydrogens (tertiary/aromatic N) is 4. The van der Waals surface area contributed by atoms with Gasteiger partial charge in [0.05, 0.1) is 11.3 Å². The molecule has 128 valence electrons. The Kier molecular flexibility index (Phi) is 5.47. The molecule has 1 fully saturated rings. The Hall–Kier alpha value is -3.07. The van der Waals surface area contributed by atoms with Crippen LogP contribution in [0.1, 0.15) is 12.0 Å². The third-order valence-corrected chi connectivity index (χ3v) is 4.31. The lowest BCUT2D eigenvalue weighted by atomic mass is 10.2. The van der Waals surface area contributed by atoms with Crippen LogP contribution in [-0.2, 0) is 4.79 Å². The van der Waals surface area contributed by atoms with Crippen molar-refractivity contribution in [1.29, 1.82) is 5.26 Å². The Labute approximate surface area is 147 Å². The summed E-state index contributed by atoms with van der Waals surface area (Å²) in [6, 6.07) is 15.3. The molecule has 6 nitrogen and oxygen atoms in total. The molecule has 0 bridgehead atoms. The molecular formula is C19H21N5O. The highest BCUT2D eigenvalue weighted by molar-refractivity contribution is 5.77. The van der Waals surface area contributed by atoms with Crippen molar-refractivity contribution >= 4 is 17.4 Å². The molecule has 0 unspecified atom stereocenters. The number of amides is 1. The molecule has 0 radical (unpaired) electrons. The number of hydrogen-bond donors (Lipinski definition) is 1. The second kappa shape index (κ2) is 8.15. The van der Waals surface area contributed by atoms with Crippen molar-refractivity contribution in [1.82, 2.24) is 9.88 Å². The summed E-state index contributed by atoms with van der Waals surface area (Å²) >= 11 is 0. The van der Waals surface area contributed by atoms with Crippen LogP contribution in [0.25, 0.3) is 0 Å². The van der Waals surface area contributed by atoms with Gasteiger partial charge in [-0.05, 0) is 24.3 Å². The summed E-state index contributed by atoms with van der Waals surface area (Å²) in [7, 11) is 0. The lowest BCUT2D eigenvalue weighted by Gasteiger charge is -2.35. The van der Waals surface area contributed by atoms with E-state index in [1.54, 1.807) is 12.3 Å². The van der Waals surface area contributed by atoms with Crippen LogP contribution in [0, 0.1) is 11.3 Å². The number of hydrogen-bond acceptors (Lipinski definition) is 5. The smallest absolute Gasteiger partial charge is 0.224 e. The minimum absolute atomic E-state index is 0.141. The summed E-state index contributed by atoms with van der Waals surface area (Å²) in [5.41, 5.74) is 1.37. The Balaban J connectivity index is 1.45. The summed E-state index contributed by atoms with van der Waals surface area (Å²) in [6.07, 6.45) is 2.21. The molecule has 1 aliphatic rings. The summed E-state index contributed by atoms with van der Waals surface area (Å²) in [6.45, 7) is 3.55. The molecule has 0 aliphatic carbocycles. The number of rotatable bonds is 5. The number of aromatic nitrogens is 1. The number of piperazine rings is 1. The first-order valence-electron chi connectivity index (χ1n) is 8.44. The van der Waals surface area contributed by atoms with Crippen molar-refractivity contribution in [3.63, 3.8) is 0 Å². The number of pyridine rings is 1. The van der Waals surface area contributed by atoms with E-state index in [4.69, 9.17) is 5.26 Å². The van der Waals surface area contributed by atoms with Crippen LogP contribution in [0.4, 0.5) is 11.5 Å². The Morgan fingerprint density at radius 3 is 2.60 bits per heavy atom. The SMILES string of the molecule is N#Cc1ccccc1NCCC(=O)N1CCN(c2ccccn2)CC1. The largest absolute Gasteiger partial charge is 0.383 e. The molecule has 1 aromatic carbocycles. The molecule has 2 aromatic rings. The van der Waals surface area contributed by atoms with Crippen LogP contribution in [0.15, 0.2) is 48.7 Å². The van der Waals surface area contributed by atoms with E-state index in [0.29, 0.717) is 31.6 Å². The molecule has 0 atom stereocenters. The van der Waals surface area contributed by atoms with Gasteiger partial charge in [0.15, 0.2) is 0 Å². The number of carbonyl (C=O) groups is 1. The standard InChI is InChI=1S/C19H21N5O/c20-15-16-5-1-2-6-17(16)21-10-8-19(25)24-13-11-23(12-14-24)18-7-3-4-9-22-18/h1-7,9,21H,8,10-14H2. The van der Waals surface area contributed by atoms with Gasteiger partial charge in [-0.3, -0.25) is 4.79 Å². The van der Waals surface area contributed by atoms with E-state index in [-0.39, 0.29) is 5.91 Å². The van der Waals surface area contributed by atoms with E-state index in [1.807, 2.05) is 41.3 Å². The zero-order chi connectivity index (χ0) is 17.5. The summed E-state index contributed by atoms with van der Waals surface area (Å²) in [4.78, 5) is 20.8. The van der Waals surface area contributed by atoms with Gasteiger partial charge in [-0.1, -0.05) is 18.2 Å². The van der Waals surface area contributed by atoms with Gasteiger partial charge in [-0.2, -0.15) is 5.26 Å². The first-order chi connectivity index (χ1) is 12.3. The number of nitrogens with one attached hydrogen (secondary N) is 1. The number of nitriles is 1. The molecule has 3 rings (SSSR count). The third-order valence-electron chi connectivity index (χ3n) is 4.31. The van der Waals surface area contributed by atoms with E-state index >= 15 is 0 Å². The quantitative estimate of drug-likeness (QED) is 0.906. The van der Waals surface area contributed by atoms with Gasteiger partial charge in [0.1, 0.15) is 11.9 Å². The van der Waals surface area contributed by atoms with Crippen molar-refractivity contribution in [2.45, 2.75) is 6.42 Å². The van der Waals surface area contributed by atoms with Crippen molar-refractivity contribution in [2.75, 3.05) is 42.9 Å². The first-order valence-corrected chi connectivity index (χ1v) is 8.44. The molecule has 1 amide bonds. The van der Waals surface area contributed by atoms with Gasteiger partial charge >= 0.3 is 0 Å². The number of para-hydroxylation sites is 1. The molecule has 25 heavy (non-hydrogen) atoms. The second-order valence-electron chi connectivity index (χ2n) is 5.89. The third kappa shape index (κ3) is 4.27. The number of carbonyl (C=O) groups excluding carboxylic acids is 1. The van der Waals surface area contributed by atoms with Gasteiger partial charge in [-0.25, -0.2) is 4.98 Å². The summed E-state index contributed by atoms with van der Waals surface area (Å²) in [5, 5.41) is 12.3. The zero-order valence-corrected chi connectivity index (χ0v) is 14.1. The van der Waals surface area contributed by atoms with Gasteiger partial charge in [0, 0.05) is 45.3 Å². The highest BCUT2D eigenvalue weighted by Crippen LogP contribution is 2.15. The predicted octanol–water partition coefficient (Wildman–Crippen LogP) is 2.10. The van der Waals surface area contributed by atoms with Crippen LogP contribution in [0.2, 0.25) is 0 Å². The molecule has 6 heteroatoms. The fourth-order valence-electron chi connectivity index (χ4n) is 2.92. The minimum Gasteiger partial charge on any atom is -0.383 e. The average Bonchev–Trinajstić information content (AvgIpc) is 2.69. The maximum Gasteiger partial charge on any atom is 0.224 e. The van der Waals surface area contributed by atoms with Crippen molar-refractivity contribution in [3.8, 4) is 6.07 Å². The van der Waals surface area contributed by atoms with Crippen LogP contribution >= 0.6 is 0 Å². The maximum absolute atomic E-state index is 12.4. The molecule has 2 heterocycles. The molecule has 1 aromatic heterocycles. The number of benzene rings is 1. The van der Waals surface area contributed by atoms with E-state index < -0.39 is 0 Å². The fraction of sp³-hybridized carbons (Fsp3) is 0.316. The molecule has 1 saturated heterocycles. The van der Waals surface area contributed by atoms with E-state index in [0.717, 1.165) is 24.6 Å². The van der Waals surface area contributed by atoms with E-state index in [2.05, 4.69) is 21.3 Å². The Morgan fingerprint density at radius 2 is 1.88 bits per heavy atom. The van der Waals surface area contributed by atoms with Crippen LogP contribution in [-0.4, -0.2) is 48.5 Å². The maximum atomic E-state index is 12.4. The van der Waals surface area contributed by atoms with E-state index in [9.17, 15) is 4.79 Å².